The Morgan fingerprint density at radius 2 is 2.13 bits per heavy atom. The quantitative estimate of drug-likeness (QED) is 0.904. The molecule has 0 spiro atoms. The fourth-order valence-corrected chi connectivity index (χ4v) is 1.89. The molecule has 2 rings (SSSR count). The molecule has 1 aromatic heterocycles. The molecule has 0 aliphatic carbocycles. The lowest BCUT2D eigenvalue weighted by atomic mass is 10.00. The maximum Gasteiger partial charge on any atom is 0.107 e. The summed E-state index contributed by atoms with van der Waals surface area (Å²) >= 11 is 3.39. The van der Waals surface area contributed by atoms with Crippen molar-refractivity contribution >= 4 is 15.9 Å². The first-order chi connectivity index (χ1) is 7.18. The fourth-order valence-electron chi connectivity index (χ4n) is 1.52. The molecule has 1 aromatic carbocycles. The Morgan fingerprint density at radius 3 is 2.80 bits per heavy atom. The van der Waals surface area contributed by atoms with Crippen LogP contribution in [0.1, 0.15) is 22.8 Å². The predicted octanol–water partition coefficient (Wildman–Crippen LogP) is 3.43. The summed E-state index contributed by atoms with van der Waals surface area (Å²) in [6, 6.07) is 7.63. The van der Waals surface area contributed by atoms with Crippen molar-refractivity contribution in [2.75, 3.05) is 0 Å². The number of furan rings is 1. The van der Waals surface area contributed by atoms with E-state index in [2.05, 4.69) is 15.9 Å². The van der Waals surface area contributed by atoms with Crippen LogP contribution in [0.5, 0.6) is 0 Å². The van der Waals surface area contributed by atoms with Gasteiger partial charge in [0, 0.05) is 10.0 Å². The zero-order valence-corrected chi connectivity index (χ0v) is 9.86. The second-order valence-electron chi connectivity index (χ2n) is 3.46. The van der Waals surface area contributed by atoms with E-state index in [0.29, 0.717) is 0 Å². The molecule has 0 saturated carbocycles. The topological polar surface area (TPSA) is 33.4 Å². The van der Waals surface area contributed by atoms with E-state index in [4.69, 9.17) is 4.42 Å². The van der Waals surface area contributed by atoms with Crippen molar-refractivity contribution in [3.05, 3.63) is 58.0 Å². The first-order valence-electron chi connectivity index (χ1n) is 4.64. The van der Waals surface area contributed by atoms with E-state index in [9.17, 15) is 5.11 Å². The van der Waals surface area contributed by atoms with Crippen molar-refractivity contribution in [1.82, 2.24) is 0 Å². The van der Waals surface area contributed by atoms with E-state index in [0.717, 1.165) is 21.2 Å². The lowest BCUT2D eigenvalue weighted by molar-refractivity contribution is 0.218. The van der Waals surface area contributed by atoms with Gasteiger partial charge < -0.3 is 9.52 Å². The smallest absolute Gasteiger partial charge is 0.107 e. The lowest BCUT2D eigenvalue weighted by Crippen LogP contribution is -2.00. The van der Waals surface area contributed by atoms with Crippen LogP contribution in [-0.4, -0.2) is 5.11 Å². The highest BCUT2D eigenvalue weighted by Gasteiger charge is 2.13. The number of rotatable bonds is 2. The molecule has 0 amide bonds. The minimum atomic E-state index is -0.624. The minimum absolute atomic E-state index is 0.624. The van der Waals surface area contributed by atoms with Crippen molar-refractivity contribution in [1.29, 1.82) is 0 Å². The molecule has 2 aromatic rings. The fraction of sp³-hybridized carbons (Fsp3) is 0.167. The number of aliphatic hydroxyl groups is 1. The van der Waals surface area contributed by atoms with Crippen LogP contribution >= 0.6 is 15.9 Å². The molecular formula is C12H11BrO2. The molecule has 1 atom stereocenters. The molecule has 0 bridgehead atoms. The number of hydrogen-bond acceptors (Lipinski definition) is 2. The normalized spacial score (nSPS) is 12.7. The van der Waals surface area contributed by atoms with Gasteiger partial charge >= 0.3 is 0 Å². The Bertz CT molecular complexity index is 449. The van der Waals surface area contributed by atoms with E-state index in [1.54, 1.807) is 18.6 Å². The number of aryl methyl sites for hydroxylation is 1. The molecule has 78 valence electrons. The average molecular weight is 267 g/mol. The molecule has 0 radical (unpaired) electrons. The molecule has 0 saturated heterocycles. The summed E-state index contributed by atoms with van der Waals surface area (Å²) in [4.78, 5) is 0. The van der Waals surface area contributed by atoms with Crippen LogP contribution in [0.2, 0.25) is 0 Å². The van der Waals surface area contributed by atoms with Gasteiger partial charge in [-0.15, -0.1) is 0 Å². The summed E-state index contributed by atoms with van der Waals surface area (Å²) in [6.07, 6.45) is 2.50. The van der Waals surface area contributed by atoms with E-state index in [1.807, 2.05) is 25.1 Å². The third-order valence-corrected chi connectivity index (χ3v) is 2.89. The highest BCUT2D eigenvalue weighted by atomic mass is 79.9. The van der Waals surface area contributed by atoms with Crippen LogP contribution in [0, 0.1) is 6.92 Å². The van der Waals surface area contributed by atoms with Gasteiger partial charge in [0.15, 0.2) is 0 Å². The van der Waals surface area contributed by atoms with Crippen LogP contribution in [-0.2, 0) is 0 Å². The van der Waals surface area contributed by atoms with Crippen molar-refractivity contribution in [3.63, 3.8) is 0 Å². The average Bonchev–Trinajstić information content (AvgIpc) is 2.74. The van der Waals surface area contributed by atoms with Crippen molar-refractivity contribution in [2.24, 2.45) is 0 Å². The van der Waals surface area contributed by atoms with Gasteiger partial charge in [0.1, 0.15) is 6.10 Å². The number of hydrogen-bond donors (Lipinski definition) is 1. The number of halogens is 1. The number of aliphatic hydroxyl groups excluding tert-OH is 1. The van der Waals surface area contributed by atoms with Gasteiger partial charge in [0.05, 0.1) is 12.5 Å². The largest absolute Gasteiger partial charge is 0.472 e. The Hall–Kier alpha value is -1.06. The van der Waals surface area contributed by atoms with Crippen LogP contribution in [0.15, 0.2) is 45.7 Å². The van der Waals surface area contributed by atoms with Crippen LogP contribution in [0.3, 0.4) is 0 Å². The van der Waals surface area contributed by atoms with Crippen molar-refractivity contribution < 1.29 is 9.52 Å². The lowest BCUT2D eigenvalue weighted by Gasteiger charge is -2.12. The minimum Gasteiger partial charge on any atom is -0.472 e. The maximum absolute atomic E-state index is 10.1. The third-order valence-electron chi connectivity index (χ3n) is 2.39. The zero-order valence-electron chi connectivity index (χ0n) is 8.27. The van der Waals surface area contributed by atoms with Crippen molar-refractivity contribution in [2.45, 2.75) is 13.0 Å². The highest BCUT2D eigenvalue weighted by molar-refractivity contribution is 9.10. The first kappa shape index (κ1) is 10.5. The molecule has 0 aliphatic heterocycles. The van der Waals surface area contributed by atoms with Gasteiger partial charge in [-0.05, 0) is 36.2 Å². The summed E-state index contributed by atoms with van der Waals surface area (Å²) in [5.74, 6) is 0. The molecule has 1 N–H and O–H groups in total. The Kier molecular flexibility index (Phi) is 2.93. The van der Waals surface area contributed by atoms with E-state index in [-0.39, 0.29) is 0 Å². The summed E-state index contributed by atoms with van der Waals surface area (Å²) in [5, 5.41) is 10.1. The van der Waals surface area contributed by atoms with E-state index >= 15 is 0 Å². The van der Waals surface area contributed by atoms with Gasteiger partial charge in [-0.1, -0.05) is 22.0 Å². The Morgan fingerprint density at radius 1 is 1.33 bits per heavy atom. The van der Waals surface area contributed by atoms with Gasteiger partial charge in [0.25, 0.3) is 0 Å². The molecule has 0 fully saturated rings. The van der Waals surface area contributed by atoms with Crippen LogP contribution in [0.4, 0.5) is 0 Å². The Labute approximate surface area is 96.7 Å². The molecule has 15 heavy (non-hydrogen) atoms. The molecule has 2 nitrogen and oxygen atoms in total. The maximum atomic E-state index is 10.1. The van der Waals surface area contributed by atoms with Crippen LogP contribution in [0.25, 0.3) is 0 Å². The second-order valence-corrected chi connectivity index (χ2v) is 4.38. The number of benzene rings is 1. The van der Waals surface area contributed by atoms with E-state index < -0.39 is 6.10 Å². The highest BCUT2D eigenvalue weighted by Crippen LogP contribution is 2.27. The first-order valence-corrected chi connectivity index (χ1v) is 5.44. The summed E-state index contributed by atoms with van der Waals surface area (Å²) in [5.41, 5.74) is 2.73. The van der Waals surface area contributed by atoms with Gasteiger partial charge in [0.2, 0.25) is 0 Å². The monoisotopic (exact) mass is 266 g/mol. The predicted molar refractivity (Wildman–Crippen MR) is 61.6 cm³/mol. The summed E-state index contributed by atoms with van der Waals surface area (Å²) in [7, 11) is 0. The molecule has 0 aliphatic rings. The molecule has 1 heterocycles. The third kappa shape index (κ3) is 2.13. The zero-order chi connectivity index (χ0) is 10.8. The van der Waals surface area contributed by atoms with Gasteiger partial charge in [-0.2, -0.15) is 0 Å². The van der Waals surface area contributed by atoms with Gasteiger partial charge in [-0.3, -0.25) is 0 Å². The molecule has 3 heteroatoms. The van der Waals surface area contributed by atoms with Gasteiger partial charge in [-0.25, -0.2) is 0 Å². The Balaban J connectivity index is 2.41. The van der Waals surface area contributed by atoms with E-state index in [1.165, 1.54) is 0 Å². The summed E-state index contributed by atoms with van der Waals surface area (Å²) < 4.78 is 5.92. The molecular weight excluding hydrogens is 256 g/mol. The van der Waals surface area contributed by atoms with Crippen LogP contribution < -0.4 is 0 Å². The standard InChI is InChI=1S/C12H11BrO2/c1-8-2-3-10(13)6-11(8)12(14)9-4-5-15-7-9/h2-7,12,14H,1H3. The SMILES string of the molecule is Cc1ccc(Br)cc1C(O)c1ccoc1. The molecule has 1 unspecified atom stereocenters. The second kappa shape index (κ2) is 4.21. The summed E-state index contributed by atoms with van der Waals surface area (Å²) in [6.45, 7) is 1.98. The van der Waals surface area contributed by atoms with Crippen molar-refractivity contribution in [3.8, 4) is 0 Å².